The van der Waals surface area contributed by atoms with Crippen molar-refractivity contribution < 1.29 is 24.2 Å². The number of likely N-dealkylation sites (tertiary alicyclic amines) is 1. The van der Waals surface area contributed by atoms with Crippen molar-refractivity contribution in [3.63, 3.8) is 0 Å². The molecular formula is C24H37FN4O4. The fraction of sp³-hybridized carbons (Fsp3) is 0.750. The van der Waals surface area contributed by atoms with E-state index in [0.717, 1.165) is 19.6 Å². The van der Waals surface area contributed by atoms with Gasteiger partial charge in [0.1, 0.15) is 11.7 Å². The summed E-state index contributed by atoms with van der Waals surface area (Å²) in [6.07, 6.45) is 3.77. The van der Waals surface area contributed by atoms with Crippen LogP contribution in [0.1, 0.15) is 32.6 Å². The van der Waals surface area contributed by atoms with Crippen molar-refractivity contribution in [3.8, 4) is 0 Å². The van der Waals surface area contributed by atoms with Gasteiger partial charge in [-0.05, 0) is 38.1 Å². The number of ketones is 1. The van der Waals surface area contributed by atoms with Crippen LogP contribution in [0.5, 0.6) is 0 Å². The number of carboxylic acid groups (broad SMARTS) is 1. The van der Waals surface area contributed by atoms with Crippen LogP contribution in [0.2, 0.25) is 0 Å². The van der Waals surface area contributed by atoms with Crippen LogP contribution in [-0.4, -0.2) is 94.4 Å². The van der Waals surface area contributed by atoms with Gasteiger partial charge in [0.25, 0.3) is 0 Å². The molecule has 33 heavy (non-hydrogen) atoms. The molecule has 1 saturated heterocycles. The van der Waals surface area contributed by atoms with Gasteiger partial charge in [-0.15, -0.1) is 6.58 Å². The van der Waals surface area contributed by atoms with E-state index in [4.69, 9.17) is 5.73 Å². The van der Waals surface area contributed by atoms with E-state index < -0.39 is 23.8 Å². The van der Waals surface area contributed by atoms with Crippen molar-refractivity contribution >= 4 is 11.8 Å². The van der Waals surface area contributed by atoms with E-state index in [1.54, 1.807) is 0 Å². The molecule has 0 bridgehead atoms. The Hall–Kier alpha value is -1.81. The highest BCUT2D eigenvalue weighted by atomic mass is 19.1. The number of halogens is 1. The minimum absolute atomic E-state index is 0.0233. The van der Waals surface area contributed by atoms with E-state index in [2.05, 4.69) is 16.8 Å². The molecular weight excluding hydrogens is 427 g/mol. The smallest absolute Gasteiger partial charge is 0.340 e. The van der Waals surface area contributed by atoms with Crippen LogP contribution in [0.4, 0.5) is 4.39 Å². The molecule has 2 aliphatic heterocycles. The number of aliphatic carboxylic acids is 1. The zero-order valence-electron chi connectivity index (χ0n) is 19.3. The van der Waals surface area contributed by atoms with E-state index in [0.29, 0.717) is 25.3 Å². The van der Waals surface area contributed by atoms with Crippen LogP contribution < -0.4 is 11.1 Å². The van der Waals surface area contributed by atoms with E-state index in [9.17, 15) is 19.8 Å². The van der Waals surface area contributed by atoms with Gasteiger partial charge in [-0.3, -0.25) is 9.69 Å². The van der Waals surface area contributed by atoms with Gasteiger partial charge >= 0.3 is 5.97 Å². The minimum Gasteiger partial charge on any atom is -0.478 e. The number of carboxylic acids is 1. The van der Waals surface area contributed by atoms with E-state index in [-0.39, 0.29) is 54.6 Å². The number of nitrogens with two attached hydrogens (primary N) is 1. The fourth-order valence-electron chi connectivity index (χ4n) is 6.48. The molecule has 8 atom stereocenters. The Kier molecular flexibility index (Phi) is 7.23. The first-order valence-corrected chi connectivity index (χ1v) is 12.2. The first-order valence-electron chi connectivity index (χ1n) is 12.2. The number of Topliss-reactive ketones (excluding diaryl/α,β-unsaturated/α-hetero) is 1. The van der Waals surface area contributed by atoms with E-state index >= 15 is 4.39 Å². The lowest BCUT2D eigenvalue weighted by Gasteiger charge is -2.55. The molecule has 0 aromatic rings. The summed E-state index contributed by atoms with van der Waals surface area (Å²) in [5, 5.41) is 23.2. The Labute approximate surface area is 194 Å². The highest BCUT2D eigenvalue weighted by Gasteiger charge is 2.52. The highest BCUT2D eigenvalue weighted by molar-refractivity contribution is 6.18. The van der Waals surface area contributed by atoms with Crippen LogP contribution in [-0.2, 0) is 9.59 Å². The zero-order valence-corrected chi connectivity index (χ0v) is 19.3. The lowest BCUT2D eigenvalue weighted by molar-refractivity contribution is -0.139. The summed E-state index contributed by atoms with van der Waals surface area (Å²) in [6.45, 7) is 8.26. The van der Waals surface area contributed by atoms with Crippen molar-refractivity contribution in [1.82, 2.24) is 15.1 Å². The Balaban J connectivity index is 1.62. The average Bonchev–Trinajstić information content (AvgIpc) is 2.76. The second-order valence-corrected chi connectivity index (χ2v) is 10.1. The zero-order chi connectivity index (χ0) is 23.9. The summed E-state index contributed by atoms with van der Waals surface area (Å²) in [7, 11) is 0. The number of likely N-dealkylation sites (N-methyl/N-ethyl adjacent to an activating group) is 1. The standard InChI is InChI=1S/C24H37FN4O4/c1-3-13-5-14(12-30)20(7-19(13)26)29-11-17(24(32)33)23(31)16-6-18(25)22(8-21(16)29)28-9-15(10-28)27-4-2/h3,11,13-16,18-22,27,30H,1,4-10,12,26H2,2H3,(H,32,33)/t13?,14-,16-,18+,19+,20?,21+,22?/m1/s1. The third-order valence-corrected chi connectivity index (χ3v) is 8.31. The number of alkyl halides is 1. The second kappa shape index (κ2) is 9.82. The second-order valence-electron chi connectivity index (χ2n) is 10.1. The summed E-state index contributed by atoms with van der Waals surface area (Å²) in [5.74, 6) is -2.53. The molecule has 2 heterocycles. The Morgan fingerprint density at radius 1 is 1.27 bits per heavy atom. The Morgan fingerprint density at radius 2 is 2.00 bits per heavy atom. The number of aliphatic hydroxyl groups is 1. The normalized spacial score (nSPS) is 40.1. The monoisotopic (exact) mass is 464 g/mol. The predicted molar refractivity (Wildman–Crippen MR) is 122 cm³/mol. The number of fused-ring (bicyclic) bond motifs is 1. The molecule has 2 saturated carbocycles. The summed E-state index contributed by atoms with van der Waals surface area (Å²) in [6, 6.07) is -0.630. The van der Waals surface area contributed by atoms with Gasteiger partial charge in [-0.1, -0.05) is 13.0 Å². The molecule has 3 unspecified atom stereocenters. The molecule has 0 radical (unpaired) electrons. The van der Waals surface area contributed by atoms with Crippen molar-refractivity contribution in [1.29, 1.82) is 0 Å². The molecule has 0 aromatic heterocycles. The number of hydrogen-bond acceptors (Lipinski definition) is 7. The maximum absolute atomic E-state index is 15.3. The number of hydrogen-bond donors (Lipinski definition) is 4. The first-order chi connectivity index (χ1) is 15.8. The van der Waals surface area contributed by atoms with Crippen LogP contribution in [0.25, 0.3) is 0 Å². The van der Waals surface area contributed by atoms with Crippen molar-refractivity contribution in [3.05, 3.63) is 24.4 Å². The molecule has 2 aliphatic carbocycles. The van der Waals surface area contributed by atoms with Gasteiger partial charge in [0.05, 0.1) is 0 Å². The third kappa shape index (κ3) is 4.48. The van der Waals surface area contributed by atoms with Crippen LogP contribution in [0, 0.1) is 17.8 Å². The molecule has 0 amide bonds. The summed E-state index contributed by atoms with van der Waals surface area (Å²) in [5.41, 5.74) is 6.11. The van der Waals surface area contributed by atoms with Gasteiger partial charge < -0.3 is 26.2 Å². The van der Waals surface area contributed by atoms with E-state index in [1.165, 1.54) is 6.20 Å². The topological polar surface area (TPSA) is 119 Å². The summed E-state index contributed by atoms with van der Waals surface area (Å²) >= 11 is 0. The van der Waals surface area contributed by atoms with Gasteiger partial charge in [0, 0.05) is 67.9 Å². The SMILES string of the molecule is C=CC1C[C@H](CO)C(N2C=C(C(=O)O)C(=O)[C@@H]3C[C@H](F)C(N4CC(NCC)C4)C[C@@H]32)C[C@@H]1N. The number of aliphatic hydroxyl groups excluding tert-OH is 1. The number of carbonyl (C=O) groups is 2. The molecule has 8 nitrogen and oxygen atoms in total. The van der Waals surface area contributed by atoms with Gasteiger partial charge in [-0.2, -0.15) is 0 Å². The van der Waals surface area contributed by atoms with Crippen molar-refractivity contribution in [2.24, 2.45) is 23.5 Å². The first kappa shape index (κ1) is 24.3. The fourth-order valence-corrected chi connectivity index (χ4v) is 6.48. The highest BCUT2D eigenvalue weighted by Crippen LogP contribution is 2.43. The Morgan fingerprint density at radius 3 is 2.61 bits per heavy atom. The van der Waals surface area contributed by atoms with Gasteiger partial charge in [0.15, 0.2) is 5.78 Å². The van der Waals surface area contributed by atoms with Gasteiger partial charge in [-0.25, -0.2) is 9.18 Å². The maximum Gasteiger partial charge on any atom is 0.340 e. The van der Waals surface area contributed by atoms with Gasteiger partial charge in [0.2, 0.25) is 0 Å². The number of rotatable bonds is 7. The molecule has 5 N–H and O–H groups in total. The number of carbonyl (C=O) groups excluding carboxylic acids is 1. The average molecular weight is 465 g/mol. The molecule has 184 valence electrons. The molecule has 4 rings (SSSR count). The van der Waals surface area contributed by atoms with Crippen LogP contribution in [0.15, 0.2) is 24.4 Å². The van der Waals surface area contributed by atoms with Crippen molar-refractivity contribution in [2.45, 2.75) is 69.0 Å². The summed E-state index contributed by atoms with van der Waals surface area (Å²) < 4.78 is 15.3. The van der Waals surface area contributed by atoms with Crippen LogP contribution in [0.3, 0.4) is 0 Å². The molecule has 4 aliphatic rings. The van der Waals surface area contributed by atoms with Crippen molar-refractivity contribution in [2.75, 3.05) is 26.2 Å². The third-order valence-electron chi connectivity index (χ3n) is 8.31. The molecule has 3 fully saturated rings. The lowest BCUT2D eigenvalue weighted by Crippen LogP contribution is -2.67. The predicted octanol–water partition coefficient (Wildman–Crippen LogP) is 0.519. The van der Waals surface area contributed by atoms with E-state index in [1.807, 2.05) is 17.9 Å². The molecule has 9 heteroatoms. The summed E-state index contributed by atoms with van der Waals surface area (Å²) in [4.78, 5) is 29.0. The quantitative estimate of drug-likeness (QED) is 0.318. The Bertz CT molecular complexity index is 801. The maximum atomic E-state index is 15.3. The lowest BCUT2D eigenvalue weighted by atomic mass is 9.69. The molecule has 0 spiro atoms. The molecule has 0 aromatic carbocycles. The van der Waals surface area contributed by atoms with Crippen LogP contribution >= 0.6 is 0 Å². The minimum atomic E-state index is -1.29. The number of nitrogens with one attached hydrogen (secondary N) is 1. The largest absolute Gasteiger partial charge is 0.478 e. The number of nitrogens with zero attached hydrogens (tertiary/aromatic N) is 2.